The summed E-state index contributed by atoms with van der Waals surface area (Å²) in [5.41, 5.74) is 1.26. The summed E-state index contributed by atoms with van der Waals surface area (Å²) in [7, 11) is 0. The zero-order valence-electron chi connectivity index (χ0n) is 6.55. The van der Waals surface area contributed by atoms with E-state index in [2.05, 4.69) is 68.7 Å². The van der Waals surface area contributed by atoms with Crippen LogP contribution in [0.25, 0.3) is 10.1 Å². The van der Waals surface area contributed by atoms with Gasteiger partial charge in [0, 0.05) is 29.3 Å². The SMILES string of the molecule is Sc1c(CBr)ccc2c(I)csc12. The highest BCUT2D eigenvalue weighted by Crippen LogP contribution is 2.34. The molecule has 68 valence electrons. The Bertz CT molecular complexity index is 450. The van der Waals surface area contributed by atoms with Gasteiger partial charge in [0.2, 0.25) is 0 Å². The van der Waals surface area contributed by atoms with E-state index >= 15 is 0 Å². The number of thiol groups is 1. The molecule has 0 unspecified atom stereocenters. The molecule has 13 heavy (non-hydrogen) atoms. The van der Waals surface area contributed by atoms with Crippen molar-refractivity contribution in [2.75, 3.05) is 0 Å². The highest BCUT2D eigenvalue weighted by atomic mass is 127. The fourth-order valence-electron chi connectivity index (χ4n) is 1.20. The first kappa shape index (κ1) is 10.3. The zero-order chi connectivity index (χ0) is 9.42. The largest absolute Gasteiger partial charge is 0.142 e. The third kappa shape index (κ3) is 1.78. The van der Waals surface area contributed by atoms with Crippen LogP contribution >= 0.6 is 62.5 Å². The normalized spacial score (nSPS) is 11.0. The number of alkyl halides is 1. The molecule has 1 heterocycles. The van der Waals surface area contributed by atoms with Gasteiger partial charge in [-0.1, -0.05) is 28.1 Å². The second-order valence-electron chi connectivity index (χ2n) is 2.67. The second-order valence-corrected chi connectivity index (χ2v) is 5.72. The smallest absolute Gasteiger partial charge is 0.0490 e. The summed E-state index contributed by atoms with van der Waals surface area (Å²) in [6, 6.07) is 4.30. The molecule has 0 bridgehead atoms. The molecule has 0 amide bonds. The minimum Gasteiger partial charge on any atom is -0.142 e. The van der Waals surface area contributed by atoms with Crippen LogP contribution < -0.4 is 0 Å². The van der Waals surface area contributed by atoms with Gasteiger partial charge in [-0.25, -0.2) is 0 Å². The topological polar surface area (TPSA) is 0 Å². The molecule has 0 fully saturated rings. The Morgan fingerprint density at radius 3 is 2.92 bits per heavy atom. The highest BCUT2D eigenvalue weighted by Gasteiger charge is 2.07. The summed E-state index contributed by atoms with van der Waals surface area (Å²) in [5, 5.41) is 4.36. The van der Waals surface area contributed by atoms with Gasteiger partial charge < -0.3 is 0 Å². The molecule has 0 aliphatic carbocycles. The van der Waals surface area contributed by atoms with E-state index in [1.54, 1.807) is 11.3 Å². The molecule has 0 saturated heterocycles. The summed E-state index contributed by atoms with van der Waals surface area (Å²) < 4.78 is 2.61. The number of hydrogen-bond donors (Lipinski definition) is 1. The van der Waals surface area contributed by atoms with Crippen LogP contribution in [0.3, 0.4) is 0 Å². The van der Waals surface area contributed by atoms with Crippen LogP contribution in [0.1, 0.15) is 5.56 Å². The minimum atomic E-state index is 0.871. The van der Waals surface area contributed by atoms with Gasteiger partial charge >= 0.3 is 0 Å². The highest BCUT2D eigenvalue weighted by molar-refractivity contribution is 14.1. The van der Waals surface area contributed by atoms with Crippen LogP contribution in [-0.2, 0) is 5.33 Å². The van der Waals surface area contributed by atoms with Crippen LogP contribution in [0, 0.1) is 3.57 Å². The first-order valence-corrected chi connectivity index (χ1v) is 7.20. The van der Waals surface area contributed by atoms with Crippen LogP contribution in [0.4, 0.5) is 0 Å². The van der Waals surface area contributed by atoms with Crippen molar-refractivity contribution in [3.8, 4) is 0 Å². The molecular weight excluding hydrogens is 379 g/mol. The Labute approximate surface area is 108 Å². The summed E-state index contributed by atoms with van der Waals surface area (Å²) >= 11 is 12.1. The molecular formula is C9H6BrIS2. The van der Waals surface area contributed by atoms with E-state index < -0.39 is 0 Å². The van der Waals surface area contributed by atoms with Crippen molar-refractivity contribution >= 4 is 72.6 Å². The average Bonchev–Trinajstić information content (AvgIpc) is 2.50. The van der Waals surface area contributed by atoms with Crippen molar-refractivity contribution in [1.29, 1.82) is 0 Å². The summed E-state index contributed by atoms with van der Waals surface area (Å²) in [6.07, 6.45) is 0. The van der Waals surface area contributed by atoms with Gasteiger partial charge in [0.25, 0.3) is 0 Å². The van der Waals surface area contributed by atoms with E-state index in [1.807, 2.05) is 0 Å². The summed E-state index contributed by atoms with van der Waals surface area (Å²) in [5.74, 6) is 0. The Hall–Kier alpha value is 0.740. The van der Waals surface area contributed by atoms with Gasteiger partial charge in [0.15, 0.2) is 0 Å². The van der Waals surface area contributed by atoms with Gasteiger partial charge in [-0.3, -0.25) is 0 Å². The Kier molecular flexibility index (Phi) is 3.22. The van der Waals surface area contributed by atoms with E-state index in [0.29, 0.717) is 0 Å². The molecule has 0 atom stereocenters. The van der Waals surface area contributed by atoms with E-state index in [0.717, 1.165) is 10.2 Å². The quantitative estimate of drug-likeness (QED) is 0.411. The predicted molar refractivity (Wildman–Crippen MR) is 74.4 cm³/mol. The molecule has 4 heteroatoms. The Morgan fingerprint density at radius 1 is 1.46 bits per heavy atom. The zero-order valence-corrected chi connectivity index (χ0v) is 12.0. The van der Waals surface area contributed by atoms with Gasteiger partial charge in [-0.2, -0.15) is 0 Å². The van der Waals surface area contributed by atoms with Crippen molar-refractivity contribution < 1.29 is 0 Å². The lowest BCUT2D eigenvalue weighted by atomic mass is 10.2. The number of hydrogen-bond acceptors (Lipinski definition) is 2. The Morgan fingerprint density at radius 2 is 2.23 bits per heavy atom. The standard InChI is InChI=1S/C9H6BrIS2/c10-3-5-1-2-6-7(11)4-13-9(6)8(5)12/h1-2,4,12H,3H2. The molecule has 2 aromatic rings. The molecule has 0 spiro atoms. The molecule has 0 N–H and O–H groups in total. The van der Waals surface area contributed by atoms with E-state index in [1.165, 1.54) is 19.2 Å². The first-order valence-electron chi connectivity index (χ1n) is 3.67. The molecule has 0 nitrogen and oxygen atoms in total. The molecule has 1 aromatic carbocycles. The molecule has 1 aromatic heterocycles. The summed E-state index contributed by atoms with van der Waals surface area (Å²) in [4.78, 5) is 1.11. The van der Waals surface area contributed by atoms with Crippen molar-refractivity contribution in [2.24, 2.45) is 0 Å². The molecule has 0 saturated carbocycles. The summed E-state index contributed by atoms with van der Waals surface area (Å²) in [6.45, 7) is 0. The lowest BCUT2D eigenvalue weighted by Gasteiger charge is -2.01. The lowest BCUT2D eigenvalue weighted by Crippen LogP contribution is -1.80. The van der Waals surface area contributed by atoms with Gasteiger partial charge in [-0.15, -0.1) is 24.0 Å². The monoisotopic (exact) mass is 384 g/mol. The third-order valence-electron chi connectivity index (χ3n) is 1.90. The molecule has 0 aliphatic heterocycles. The van der Waals surface area contributed by atoms with E-state index in [-0.39, 0.29) is 0 Å². The van der Waals surface area contributed by atoms with Gasteiger partial charge in [0.1, 0.15) is 0 Å². The number of benzene rings is 1. The van der Waals surface area contributed by atoms with Gasteiger partial charge in [-0.05, 0) is 28.2 Å². The number of fused-ring (bicyclic) bond motifs is 1. The number of thiophene rings is 1. The number of halogens is 2. The number of rotatable bonds is 1. The van der Waals surface area contributed by atoms with Crippen LogP contribution in [0.5, 0.6) is 0 Å². The van der Waals surface area contributed by atoms with Gasteiger partial charge in [0.05, 0.1) is 0 Å². The van der Waals surface area contributed by atoms with E-state index in [4.69, 9.17) is 0 Å². The molecule has 0 aliphatic rings. The maximum absolute atomic E-state index is 4.53. The average molecular weight is 385 g/mol. The van der Waals surface area contributed by atoms with Crippen LogP contribution in [0.15, 0.2) is 22.4 Å². The van der Waals surface area contributed by atoms with Crippen molar-refractivity contribution in [3.63, 3.8) is 0 Å². The third-order valence-corrected chi connectivity index (χ3v) is 5.49. The van der Waals surface area contributed by atoms with Crippen LogP contribution in [-0.4, -0.2) is 0 Å². The molecule has 2 rings (SSSR count). The fourth-order valence-corrected chi connectivity index (χ4v) is 4.23. The van der Waals surface area contributed by atoms with Crippen molar-refractivity contribution in [3.05, 3.63) is 26.6 Å². The predicted octanol–water partition coefficient (Wildman–Crippen LogP) is 4.69. The minimum absolute atomic E-state index is 0.871. The van der Waals surface area contributed by atoms with Crippen LogP contribution in [0.2, 0.25) is 0 Å². The second kappa shape index (κ2) is 4.08. The fraction of sp³-hybridized carbons (Fsp3) is 0.111. The molecule has 0 radical (unpaired) electrons. The first-order chi connectivity index (χ1) is 6.24. The lowest BCUT2D eigenvalue weighted by molar-refractivity contribution is 1.34. The maximum Gasteiger partial charge on any atom is 0.0490 e. The van der Waals surface area contributed by atoms with E-state index in [9.17, 15) is 0 Å². The van der Waals surface area contributed by atoms with Crippen molar-refractivity contribution in [2.45, 2.75) is 10.2 Å². The Balaban J connectivity index is 2.80. The van der Waals surface area contributed by atoms with Crippen molar-refractivity contribution in [1.82, 2.24) is 0 Å². The maximum atomic E-state index is 4.53.